The molecule has 4 rings (SSSR count). The third-order valence-corrected chi connectivity index (χ3v) is 6.79. The third-order valence-electron chi connectivity index (χ3n) is 6.42. The molecule has 0 spiro atoms. The van der Waals surface area contributed by atoms with Crippen LogP contribution in [-0.2, 0) is 17.8 Å². The highest BCUT2D eigenvalue weighted by Gasteiger charge is 2.56. The maximum Gasteiger partial charge on any atom is 0.294 e. The zero-order chi connectivity index (χ0) is 24.1. The minimum absolute atomic E-state index is 0.0766. The van der Waals surface area contributed by atoms with Crippen LogP contribution >= 0.6 is 11.6 Å². The molecule has 1 aliphatic heterocycles. The molecule has 0 atom stereocenters. The lowest BCUT2D eigenvalue weighted by Gasteiger charge is -2.47. The Morgan fingerprint density at radius 3 is 2.52 bits per heavy atom. The highest BCUT2D eigenvalue weighted by Crippen LogP contribution is 2.47. The van der Waals surface area contributed by atoms with Gasteiger partial charge in [-0.2, -0.15) is 0 Å². The largest absolute Gasteiger partial charge is 0.343 e. The van der Waals surface area contributed by atoms with Crippen LogP contribution in [0, 0.1) is 12.7 Å². The van der Waals surface area contributed by atoms with Gasteiger partial charge in [0, 0.05) is 30.8 Å². The minimum Gasteiger partial charge on any atom is -0.343 e. The van der Waals surface area contributed by atoms with Crippen LogP contribution in [0.15, 0.2) is 18.2 Å². The van der Waals surface area contributed by atoms with Gasteiger partial charge < -0.3 is 15.2 Å². The summed E-state index contributed by atoms with van der Waals surface area (Å²) < 4.78 is 41.9. The Balaban J connectivity index is 1.60. The van der Waals surface area contributed by atoms with Crippen LogP contribution in [0.5, 0.6) is 0 Å². The molecule has 2 aliphatic rings. The molecule has 0 saturated heterocycles. The predicted molar refractivity (Wildman–Crippen MR) is 117 cm³/mol. The molecule has 0 bridgehead atoms. The van der Waals surface area contributed by atoms with Crippen molar-refractivity contribution in [3.8, 4) is 0 Å². The molecule has 1 aromatic heterocycles. The number of anilines is 1. The highest BCUT2D eigenvalue weighted by molar-refractivity contribution is 6.48. The summed E-state index contributed by atoms with van der Waals surface area (Å²) in [5.41, 5.74) is 0.0401. The van der Waals surface area contributed by atoms with Gasteiger partial charge in [0.15, 0.2) is 0 Å². The van der Waals surface area contributed by atoms with Crippen molar-refractivity contribution in [3.63, 3.8) is 0 Å². The second kappa shape index (κ2) is 8.20. The lowest BCUT2D eigenvalue weighted by Crippen LogP contribution is -2.63. The minimum atomic E-state index is -2.87. The molecule has 1 fully saturated rings. The molecule has 10 heteroatoms. The molecule has 0 radical (unpaired) electrons. The van der Waals surface area contributed by atoms with E-state index in [4.69, 9.17) is 11.6 Å². The number of nitrogens with zero attached hydrogens (tertiary/aromatic N) is 1. The number of aryl methyl sites for hydroxylation is 1. The number of benzene rings is 1. The van der Waals surface area contributed by atoms with Crippen molar-refractivity contribution in [2.45, 2.75) is 64.0 Å². The number of hydrogen-bond acceptors (Lipinski definition) is 3. The Bertz CT molecular complexity index is 1170. The van der Waals surface area contributed by atoms with Crippen molar-refractivity contribution in [3.05, 3.63) is 51.6 Å². The lowest BCUT2D eigenvalue weighted by molar-refractivity contribution is -0.145. The van der Waals surface area contributed by atoms with Gasteiger partial charge in [-0.1, -0.05) is 18.5 Å². The Morgan fingerprint density at radius 2 is 1.91 bits per heavy atom. The number of amides is 2. The van der Waals surface area contributed by atoms with Crippen LogP contribution in [0.25, 0.3) is 0 Å². The number of nitrogens with one attached hydrogen (secondary N) is 2. The average molecular weight is 482 g/mol. The van der Waals surface area contributed by atoms with Crippen LogP contribution in [-0.4, -0.2) is 33.6 Å². The van der Waals surface area contributed by atoms with Crippen LogP contribution in [0.4, 0.5) is 18.9 Å². The number of Topliss-reactive ketones (excluding diaryl/α,β-unsaturated/α-hetero) is 1. The number of fused-ring (bicyclic) bond motifs is 1. The van der Waals surface area contributed by atoms with E-state index >= 15 is 0 Å². The first-order chi connectivity index (χ1) is 15.5. The summed E-state index contributed by atoms with van der Waals surface area (Å²) in [6.07, 6.45) is 0.327. The topological polar surface area (TPSA) is 80.2 Å². The maximum absolute atomic E-state index is 13.5. The van der Waals surface area contributed by atoms with E-state index in [0.29, 0.717) is 36.3 Å². The monoisotopic (exact) mass is 481 g/mol. The van der Waals surface area contributed by atoms with Gasteiger partial charge in [0.2, 0.25) is 0 Å². The number of carbonyl (C=O) groups excluding carboxylic acids is 3. The standard InChI is InChI=1S/C23H23ClF3N3O3/c1-3-22(10-23(26,27)11-22)29-21(33)19(31)18-17(24)16(15-5-4-8-30(15)18)20(32)28-13-6-7-14(25)12(2)9-13/h6-7,9H,3-5,8,10-11H2,1-2H3,(H,28,32)(H,29,33). The molecule has 2 heterocycles. The van der Waals surface area contributed by atoms with E-state index in [9.17, 15) is 27.6 Å². The van der Waals surface area contributed by atoms with Crippen LogP contribution in [0.2, 0.25) is 5.02 Å². The Hall–Kier alpha value is -2.81. The quantitative estimate of drug-likeness (QED) is 0.465. The Kier molecular flexibility index (Phi) is 5.80. The second-order valence-electron chi connectivity index (χ2n) is 8.78. The first kappa shape index (κ1) is 23.4. The normalized spacial score (nSPS) is 17.8. The fourth-order valence-corrected chi connectivity index (χ4v) is 5.07. The molecule has 1 aromatic carbocycles. The molecule has 2 amide bonds. The molecule has 1 aliphatic carbocycles. The molecule has 6 nitrogen and oxygen atoms in total. The van der Waals surface area contributed by atoms with Gasteiger partial charge in [0.1, 0.15) is 11.5 Å². The van der Waals surface area contributed by atoms with E-state index < -0.39 is 47.7 Å². The van der Waals surface area contributed by atoms with E-state index in [1.165, 1.54) is 18.2 Å². The van der Waals surface area contributed by atoms with E-state index in [2.05, 4.69) is 10.6 Å². The van der Waals surface area contributed by atoms with E-state index in [-0.39, 0.29) is 22.7 Å². The van der Waals surface area contributed by atoms with Crippen molar-refractivity contribution in [2.24, 2.45) is 0 Å². The zero-order valence-corrected chi connectivity index (χ0v) is 18.9. The molecular formula is C23H23ClF3N3O3. The molecule has 2 N–H and O–H groups in total. The SMILES string of the molecule is CCC1(NC(=O)C(=O)c2c(Cl)c(C(=O)Nc3ccc(F)c(C)c3)c3n2CCC3)CC(F)(F)C1. The van der Waals surface area contributed by atoms with Gasteiger partial charge >= 0.3 is 0 Å². The summed E-state index contributed by atoms with van der Waals surface area (Å²) in [6, 6.07) is 4.10. The van der Waals surface area contributed by atoms with Gasteiger partial charge in [-0.3, -0.25) is 14.4 Å². The van der Waals surface area contributed by atoms with Crippen LogP contribution in [0.3, 0.4) is 0 Å². The smallest absolute Gasteiger partial charge is 0.294 e. The molecule has 33 heavy (non-hydrogen) atoms. The molecule has 176 valence electrons. The Labute approximate surface area is 193 Å². The number of rotatable bonds is 6. The lowest BCUT2D eigenvalue weighted by atomic mass is 9.71. The van der Waals surface area contributed by atoms with Crippen molar-refractivity contribution >= 4 is 34.9 Å². The zero-order valence-electron chi connectivity index (χ0n) is 18.2. The van der Waals surface area contributed by atoms with Crippen molar-refractivity contribution in [1.29, 1.82) is 0 Å². The maximum atomic E-state index is 13.5. The summed E-state index contributed by atoms with van der Waals surface area (Å²) in [7, 11) is 0. The van der Waals surface area contributed by atoms with Gasteiger partial charge in [-0.25, -0.2) is 13.2 Å². The summed E-state index contributed by atoms with van der Waals surface area (Å²) in [4.78, 5) is 38.7. The summed E-state index contributed by atoms with van der Waals surface area (Å²) in [5.74, 6) is -5.86. The van der Waals surface area contributed by atoms with Crippen molar-refractivity contribution in [1.82, 2.24) is 9.88 Å². The predicted octanol–water partition coefficient (Wildman–Crippen LogP) is 4.66. The highest BCUT2D eigenvalue weighted by atomic mass is 35.5. The first-order valence-electron chi connectivity index (χ1n) is 10.7. The van der Waals surface area contributed by atoms with Gasteiger partial charge in [0.05, 0.1) is 16.1 Å². The fourth-order valence-electron chi connectivity index (χ4n) is 4.68. The molecule has 1 saturated carbocycles. The van der Waals surface area contributed by atoms with E-state index in [1.807, 2.05) is 0 Å². The average Bonchev–Trinajstić information content (AvgIpc) is 3.27. The number of alkyl halides is 2. The second-order valence-corrected chi connectivity index (χ2v) is 9.16. The number of aromatic nitrogens is 1. The van der Waals surface area contributed by atoms with Crippen molar-refractivity contribution < 1.29 is 27.6 Å². The third kappa shape index (κ3) is 4.14. The Morgan fingerprint density at radius 1 is 1.21 bits per heavy atom. The van der Waals surface area contributed by atoms with Gasteiger partial charge in [-0.15, -0.1) is 0 Å². The number of halogens is 4. The van der Waals surface area contributed by atoms with Crippen LogP contribution in [0.1, 0.15) is 64.7 Å². The number of ketones is 1. The van der Waals surface area contributed by atoms with Crippen LogP contribution < -0.4 is 10.6 Å². The summed E-state index contributed by atoms with van der Waals surface area (Å²) in [6.45, 7) is 3.62. The molecule has 0 unspecified atom stereocenters. The fraction of sp³-hybridized carbons (Fsp3) is 0.435. The number of hydrogen-bond donors (Lipinski definition) is 2. The molecular weight excluding hydrogens is 459 g/mol. The van der Waals surface area contributed by atoms with E-state index in [1.54, 1.807) is 18.4 Å². The van der Waals surface area contributed by atoms with E-state index in [0.717, 1.165) is 0 Å². The van der Waals surface area contributed by atoms with Gasteiger partial charge in [-0.05, 0) is 49.9 Å². The number of carbonyl (C=O) groups is 3. The summed E-state index contributed by atoms with van der Waals surface area (Å²) in [5, 5.41) is 4.96. The molecule has 2 aromatic rings. The van der Waals surface area contributed by atoms with Gasteiger partial charge in [0.25, 0.3) is 23.5 Å². The van der Waals surface area contributed by atoms with Crippen molar-refractivity contribution in [2.75, 3.05) is 5.32 Å². The summed E-state index contributed by atoms with van der Waals surface area (Å²) >= 11 is 6.44. The first-order valence-corrected chi connectivity index (χ1v) is 11.1.